The lowest BCUT2D eigenvalue weighted by Gasteiger charge is -2.16. The molecular weight excluding hydrogens is 505 g/mol. The topological polar surface area (TPSA) is 83.9 Å². The van der Waals surface area contributed by atoms with E-state index in [0.29, 0.717) is 38.4 Å². The summed E-state index contributed by atoms with van der Waals surface area (Å²) >= 11 is 7.59. The van der Waals surface area contributed by atoms with Gasteiger partial charge in [0, 0.05) is 35.6 Å². The molecule has 0 amide bonds. The van der Waals surface area contributed by atoms with E-state index in [1.807, 2.05) is 0 Å². The highest BCUT2D eigenvalue weighted by molar-refractivity contribution is 7.22. The first kappa shape index (κ1) is 22.9. The molecule has 1 fully saturated rings. The van der Waals surface area contributed by atoms with Crippen molar-refractivity contribution in [2.45, 2.75) is 26.3 Å². The minimum atomic E-state index is -0.579. The predicted octanol–water partition coefficient (Wildman–Crippen LogP) is 4.76. The van der Waals surface area contributed by atoms with Crippen molar-refractivity contribution in [1.29, 1.82) is 0 Å². The summed E-state index contributed by atoms with van der Waals surface area (Å²) in [5, 5.41) is 5.18. The van der Waals surface area contributed by atoms with Crippen LogP contribution in [0.25, 0.3) is 37.2 Å². The Bertz CT molecular complexity index is 1810. The molecule has 1 saturated carbocycles. The second-order valence-electron chi connectivity index (χ2n) is 9.48. The van der Waals surface area contributed by atoms with Crippen molar-refractivity contribution >= 4 is 44.1 Å². The van der Waals surface area contributed by atoms with Crippen LogP contribution in [0.15, 0.2) is 46.4 Å². The quantitative estimate of drug-likeness (QED) is 0.330. The third-order valence-electron chi connectivity index (χ3n) is 6.83. The van der Waals surface area contributed by atoms with Crippen LogP contribution in [-0.2, 0) is 13.6 Å². The van der Waals surface area contributed by atoms with Gasteiger partial charge in [0.25, 0.3) is 5.56 Å². The van der Waals surface area contributed by atoms with Gasteiger partial charge in [0.2, 0.25) is 0 Å². The van der Waals surface area contributed by atoms with Crippen LogP contribution in [0.1, 0.15) is 19.8 Å². The first-order valence-electron chi connectivity index (χ1n) is 11.3. The van der Waals surface area contributed by atoms with Crippen LogP contribution in [0.4, 0.5) is 4.39 Å². The number of ether oxygens (including phenoxy) is 1. The lowest BCUT2D eigenvalue weighted by Crippen LogP contribution is -2.39. The fraction of sp³-hybridized carbons (Fsp3) is 0.280. The molecule has 6 rings (SSSR count). The third kappa shape index (κ3) is 3.47. The Labute approximate surface area is 213 Å². The average molecular weight is 526 g/mol. The maximum atomic E-state index is 14.2. The Morgan fingerprint density at radius 2 is 1.97 bits per heavy atom. The number of thiophene rings is 1. The summed E-state index contributed by atoms with van der Waals surface area (Å²) in [6, 6.07) is 4.47. The molecule has 0 aliphatic heterocycles. The zero-order chi connectivity index (χ0) is 25.4. The highest BCUT2D eigenvalue weighted by Gasteiger charge is 2.39. The van der Waals surface area contributed by atoms with Crippen molar-refractivity contribution < 1.29 is 9.13 Å². The molecule has 8 nitrogen and oxygen atoms in total. The molecule has 0 spiro atoms. The number of fused-ring (bicyclic) bond motifs is 2. The molecule has 0 atom stereocenters. The van der Waals surface area contributed by atoms with Crippen molar-refractivity contribution in [2.75, 3.05) is 7.11 Å². The van der Waals surface area contributed by atoms with E-state index in [4.69, 9.17) is 16.3 Å². The zero-order valence-corrected chi connectivity index (χ0v) is 21.3. The third-order valence-corrected chi connectivity index (χ3v) is 8.29. The van der Waals surface area contributed by atoms with E-state index < -0.39 is 17.1 Å². The SMILES string of the molecule is COc1cc(-c2cc3c(s2)c(=O)n(-c2cncc4cnn(C)c24)c(=O)n3CC2(C)CC2)c(Cl)cc1F. The summed E-state index contributed by atoms with van der Waals surface area (Å²) in [5.41, 5.74) is 1.14. The number of hydrogen-bond donors (Lipinski definition) is 0. The van der Waals surface area contributed by atoms with E-state index in [9.17, 15) is 14.0 Å². The van der Waals surface area contributed by atoms with Crippen LogP contribution in [-0.4, -0.2) is 31.0 Å². The van der Waals surface area contributed by atoms with Gasteiger partial charge in [-0.15, -0.1) is 11.3 Å². The van der Waals surface area contributed by atoms with Crippen LogP contribution in [0, 0.1) is 11.2 Å². The molecule has 11 heteroatoms. The van der Waals surface area contributed by atoms with Crippen LogP contribution in [0.2, 0.25) is 5.02 Å². The van der Waals surface area contributed by atoms with Gasteiger partial charge < -0.3 is 4.74 Å². The van der Waals surface area contributed by atoms with Crippen LogP contribution in [0.5, 0.6) is 5.75 Å². The molecule has 1 aliphatic carbocycles. The molecule has 36 heavy (non-hydrogen) atoms. The Hall–Kier alpha value is -3.50. The largest absolute Gasteiger partial charge is 0.494 e. The molecule has 5 aromatic rings. The van der Waals surface area contributed by atoms with Crippen molar-refractivity contribution in [1.82, 2.24) is 23.9 Å². The van der Waals surface area contributed by atoms with E-state index in [-0.39, 0.29) is 16.2 Å². The monoisotopic (exact) mass is 525 g/mol. The number of rotatable bonds is 5. The summed E-state index contributed by atoms with van der Waals surface area (Å²) in [6.07, 6.45) is 6.80. The highest BCUT2D eigenvalue weighted by Crippen LogP contribution is 2.47. The van der Waals surface area contributed by atoms with Gasteiger partial charge in [0.15, 0.2) is 11.6 Å². The maximum Gasteiger partial charge on any atom is 0.336 e. The number of benzene rings is 1. The lowest BCUT2D eigenvalue weighted by molar-refractivity contribution is 0.387. The maximum absolute atomic E-state index is 14.2. The Morgan fingerprint density at radius 3 is 2.69 bits per heavy atom. The molecule has 1 aromatic carbocycles. The van der Waals surface area contributed by atoms with E-state index in [1.54, 1.807) is 34.8 Å². The predicted molar refractivity (Wildman–Crippen MR) is 138 cm³/mol. The van der Waals surface area contributed by atoms with Crippen molar-refractivity contribution in [3.05, 3.63) is 68.5 Å². The number of hydrogen-bond acceptors (Lipinski definition) is 6. The molecule has 4 aromatic heterocycles. The highest BCUT2D eigenvalue weighted by atomic mass is 35.5. The second kappa shape index (κ2) is 8.01. The molecule has 4 heterocycles. The number of halogens is 2. The van der Waals surface area contributed by atoms with Crippen molar-refractivity contribution in [3.63, 3.8) is 0 Å². The number of pyridine rings is 1. The molecule has 0 N–H and O–H groups in total. The number of aryl methyl sites for hydroxylation is 1. The number of methoxy groups -OCH3 is 1. The van der Waals surface area contributed by atoms with Crippen LogP contribution < -0.4 is 16.0 Å². The van der Waals surface area contributed by atoms with E-state index in [1.165, 1.54) is 41.3 Å². The molecular formula is C25H21ClFN5O3S. The van der Waals surface area contributed by atoms with Gasteiger partial charge in [-0.2, -0.15) is 5.10 Å². The normalized spacial score (nSPS) is 14.6. The smallest absolute Gasteiger partial charge is 0.336 e. The summed E-state index contributed by atoms with van der Waals surface area (Å²) < 4.78 is 24.2. The fourth-order valence-corrected chi connectivity index (χ4v) is 5.98. The molecule has 0 saturated heterocycles. The van der Waals surface area contributed by atoms with E-state index in [2.05, 4.69) is 17.0 Å². The van der Waals surface area contributed by atoms with Gasteiger partial charge in [-0.25, -0.2) is 13.8 Å². The van der Waals surface area contributed by atoms with Gasteiger partial charge in [0.1, 0.15) is 4.70 Å². The van der Waals surface area contributed by atoms with Crippen molar-refractivity contribution in [3.8, 4) is 21.9 Å². The van der Waals surface area contributed by atoms with E-state index >= 15 is 0 Å². The molecule has 1 aliphatic rings. The summed E-state index contributed by atoms with van der Waals surface area (Å²) in [7, 11) is 3.13. The Balaban J connectivity index is 1.68. The molecule has 0 unspecified atom stereocenters. The first-order chi connectivity index (χ1) is 17.2. The first-order valence-corrected chi connectivity index (χ1v) is 12.5. The van der Waals surface area contributed by atoms with Crippen molar-refractivity contribution in [2.24, 2.45) is 12.5 Å². The van der Waals surface area contributed by atoms with Gasteiger partial charge in [-0.1, -0.05) is 18.5 Å². The molecule has 184 valence electrons. The molecule has 0 bridgehead atoms. The van der Waals surface area contributed by atoms with Gasteiger partial charge in [-0.3, -0.25) is 19.0 Å². The lowest BCUT2D eigenvalue weighted by atomic mass is 10.1. The van der Waals surface area contributed by atoms with Crippen LogP contribution in [0.3, 0.4) is 0 Å². The second-order valence-corrected chi connectivity index (χ2v) is 10.9. The molecule has 0 radical (unpaired) electrons. The summed E-state index contributed by atoms with van der Waals surface area (Å²) in [6.45, 7) is 2.59. The zero-order valence-electron chi connectivity index (χ0n) is 19.7. The van der Waals surface area contributed by atoms with Gasteiger partial charge in [-0.05, 0) is 36.5 Å². The Morgan fingerprint density at radius 1 is 1.19 bits per heavy atom. The fourth-order valence-electron chi connectivity index (χ4n) is 4.55. The van der Waals surface area contributed by atoms with Crippen LogP contribution >= 0.6 is 22.9 Å². The minimum Gasteiger partial charge on any atom is -0.494 e. The standard InChI is InChI=1S/C25H21ClFN5O3S/c1-25(4-5-25)12-31-17-8-20(14-6-19(35-3)16(27)7-15(14)26)36-22(17)23(33)32(24(31)34)18-11-28-9-13-10-29-30(2)21(13)18/h6-11H,4-5,12H2,1-3H3. The average Bonchev–Trinajstić information content (AvgIpc) is 3.23. The summed E-state index contributed by atoms with van der Waals surface area (Å²) in [4.78, 5) is 32.7. The van der Waals surface area contributed by atoms with E-state index in [0.717, 1.165) is 18.2 Å². The van der Waals surface area contributed by atoms with Gasteiger partial charge >= 0.3 is 5.69 Å². The number of aromatic nitrogens is 5. The minimum absolute atomic E-state index is 0.0192. The number of nitrogens with zero attached hydrogens (tertiary/aromatic N) is 5. The van der Waals surface area contributed by atoms with Gasteiger partial charge in [0.05, 0.1) is 41.2 Å². The Kier molecular flexibility index (Phi) is 5.10. The summed E-state index contributed by atoms with van der Waals surface area (Å²) in [5.74, 6) is -0.536.